The maximum atomic E-state index is 12.8. The number of aromatic amines is 1. The van der Waals surface area contributed by atoms with Gasteiger partial charge in [-0.15, -0.1) is 0 Å². The van der Waals surface area contributed by atoms with Crippen LogP contribution in [0.4, 0.5) is 0 Å². The van der Waals surface area contributed by atoms with Crippen LogP contribution in [0.3, 0.4) is 0 Å². The average Bonchev–Trinajstić information content (AvgIpc) is 3.39. The van der Waals surface area contributed by atoms with Gasteiger partial charge in [0.1, 0.15) is 5.82 Å². The molecule has 1 N–H and O–H groups in total. The smallest absolute Gasteiger partial charge is 0.225 e. The first-order valence-electron chi connectivity index (χ1n) is 9.18. The number of likely N-dealkylation sites (tertiary alicyclic amines) is 1. The third kappa shape index (κ3) is 3.54. The van der Waals surface area contributed by atoms with Crippen molar-refractivity contribution in [2.45, 2.75) is 38.3 Å². The molecule has 0 saturated carbocycles. The number of aryl methyl sites for hydroxylation is 1. The normalized spacial score (nSPS) is 17.4. The zero-order chi connectivity index (χ0) is 17.8. The fourth-order valence-electron chi connectivity index (χ4n) is 3.57. The van der Waals surface area contributed by atoms with E-state index in [0.717, 1.165) is 42.9 Å². The lowest BCUT2D eigenvalue weighted by Gasteiger charge is -2.34. The topological polar surface area (TPSA) is 66.8 Å². The monoisotopic (exact) mass is 349 g/mol. The summed E-state index contributed by atoms with van der Waals surface area (Å²) < 4.78 is 1.80. The van der Waals surface area contributed by atoms with Gasteiger partial charge in [0.2, 0.25) is 5.91 Å². The molecule has 3 aromatic rings. The first-order valence-corrected chi connectivity index (χ1v) is 9.18. The first-order chi connectivity index (χ1) is 12.8. The molecular formula is C20H23N5O. The van der Waals surface area contributed by atoms with Crippen LogP contribution in [0.25, 0.3) is 11.3 Å². The van der Waals surface area contributed by atoms with Crippen LogP contribution in [0.1, 0.15) is 37.5 Å². The van der Waals surface area contributed by atoms with Crippen LogP contribution in [-0.2, 0) is 11.3 Å². The van der Waals surface area contributed by atoms with Gasteiger partial charge in [-0.1, -0.05) is 30.3 Å². The van der Waals surface area contributed by atoms with Crippen LogP contribution in [0.5, 0.6) is 0 Å². The number of rotatable bonds is 5. The van der Waals surface area contributed by atoms with E-state index < -0.39 is 0 Å². The fraction of sp³-hybridized carbons (Fsp3) is 0.350. The standard InChI is InChI=1S/C20H23N5O/c26-19(10-14-24-12-6-11-22-24)25-13-5-4-9-18(25)20-21-15-17(23-20)16-7-2-1-3-8-16/h1-3,6-8,11-12,15,18H,4-5,9-10,13-14H2,(H,21,23)/t18-/m0/s1. The zero-order valence-corrected chi connectivity index (χ0v) is 14.7. The van der Waals surface area contributed by atoms with Crippen LogP contribution >= 0.6 is 0 Å². The molecule has 1 amide bonds. The van der Waals surface area contributed by atoms with Crippen LogP contribution in [0, 0.1) is 0 Å². The van der Waals surface area contributed by atoms with E-state index in [2.05, 4.69) is 27.2 Å². The summed E-state index contributed by atoms with van der Waals surface area (Å²) in [6.45, 7) is 1.41. The second-order valence-corrected chi connectivity index (χ2v) is 6.67. The van der Waals surface area contributed by atoms with Crippen molar-refractivity contribution < 1.29 is 4.79 Å². The molecule has 0 radical (unpaired) electrons. The van der Waals surface area contributed by atoms with E-state index in [1.807, 2.05) is 41.6 Å². The highest BCUT2D eigenvalue weighted by molar-refractivity contribution is 5.76. The van der Waals surface area contributed by atoms with Crippen molar-refractivity contribution in [3.05, 3.63) is 60.8 Å². The quantitative estimate of drug-likeness (QED) is 0.767. The summed E-state index contributed by atoms with van der Waals surface area (Å²) in [4.78, 5) is 22.8. The van der Waals surface area contributed by atoms with Crippen LogP contribution in [0.2, 0.25) is 0 Å². The van der Waals surface area contributed by atoms with Gasteiger partial charge in [0.15, 0.2) is 0 Å². The molecule has 0 bridgehead atoms. The second-order valence-electron chi connectivity index (χ2n) is 6.67. The molecule has 26 heavy (non-hydrogen) atoms. The van der Waals surface area contributed by atoms with Crippen molar-refractivity contribution >= 4 is 5.91 Å². The van der Waals surface area contributed by atoms with Gasteiger partial charge < -0.3 is 9.88 Å². The van der Waals surface area contributed by atoms with Gasteiger partial charge in [-0.2, -0.15) is 5.10 Å². The Hall–Kier alpha value is -2.89. The van der Waals surface area contributed by atoms with Crippen molar-refractivity contribution in [3.63, 3.8) is 0 Å². The fourth-order valence-corrected chi connectivity index (χ4v) is 3.57. The number of amides is 1. The number of benzene rings is 1. The summed E-state index contributed by atoms with van der Waals surface area (Å²) in [7, 11) is 0. The minimum Gasteiger partial charge on any atom is -0.340 e. The Balaban J connectivity index is 1.48. The highest BCUT2D eigenvalue weighted by atomic mass is 16.2. The first kappa shape index (κ1) is 16.6. The van der Waals surface area contributed by atoms with Gasteiger partial charge in [0.25, 0.3) is 0 Å². The highest BCUT2D eigenvalue weighted by Crippen LogP contribution is 2.31. The van der Waals surface area contributed by atoms with Crippen LogP contribution < -0.4 is 0 Å². The lowest BCUT2D eigenvalue weighted by Crippen LogP contribution is -2.39. The molecule has 1 aliphatic rings. The molecule has 1 aliphatic heterocycles. The van der Waals surface area contributed by atoms with Crippen molar-refractivity contribution in [3.8, 4) is 11.3 Å². The Morgan fingerprint density at radius 3 is 2.88 bits per heavy atom. The van der Waals surface area contributed by atoms with Gasteiger partial charge in [0, 0.05) is 31.9 Å². The molecule has 1 aromatic carbocycles. The summed E-state index contributed by atoms with van der Waals surface area (Å²) in [6, 6.07) is 12.1. The van der Waals surface area contributed by atoms with Gasteiger partial charge in [-0.05, 0) is 30.9 Å². The van der Waals surface area contributed by atoms with Gasteiger partial charge in [-0.3, -0.25) is 9.48 Å². The average molecular weight is 349 g/mol. The maximum absolute atomic E-state index is 12.8. The van der Waals surface area contributed by atoms with E-state index in [0.29, 0.717) is 13.0 Å². The molecule has 1 atom stereocenters. The van der Waals surface area contributed by atoms with E-state index >= 15 is 0 Å². The van der Waals surface area contributed by atoms with E-state index in [1.54, 1.807) is 10.9 Å². The van der Waals surface area contributed by atoms with Gasteiger partial charge >= 0.3 is 0 Å². The number of imidazole rings is 1. The number of piperidine rings is 1. The molecule has 6 heteroatoms. The molecule has 1 fully saturated rings. The number of nitrogens with zero attached hydrogens (tertiary/aromatic N) is 4. The Labute approximate surface area is 152 Å². The number of carbonyl (C=O) groups excluding carboxylic acids is 1. The maximum Gasteiger partial charge on any atom is 0.225 e. The molecule has 2 aromatic heterocycles. The summed E-state index contributed by atoms with van der Waals surface area (Å²) >= 11 is 0. The zero-order valence-electron chi connectivity index (χ0n) is 14.7. The molecular weight excluding hydrogens is 326 g/mol. The van der Waals surface area contributed by atoms with Crippen LogP contribution in [0.15, 0.2) is 55.0 Å². The number of hydrogen-bond donors (Lipinski definition) is 1. The van der Waals surface area contributed by atoms with Gasteiger partial charge in [0.05, 0.1) is 17.9 Å². The Morgan fingerprint density at radius 1 is 1.19 bits per heavy atom. The SMILES string of the molecule is O=C(CCn1cccn1)N1CCCC[C@H]1c1ncc(-c2ccccc2)[nH]1. The second kappa shape index (κ2) is 7.56. The lowest BCUT2D eigenvalue weighted by atomic mass is 10.0. The number of carbonyl (C=O) groups is 1. The third-order valence-electron chi connectivity index (χ3n) is 4.93. The number of aromatic nitrogens is 4. The lowest BCUT2D eigenvalue weighted by molar-refractivity contribution is -0.135. The van der Waals surface area contributed by atoms with Crippen molar-refractivity contribution in [2.75, 3.05) is 6.54 Å². The van der Waals surface area contributed by atoms with Crippen molar-refractivity contribution in [2.24, 2.45) is 0 Å². The van der Waals surface area contributed by atoms with Crippen molar-refractivity contribution in [1.82, 2.24) is 24.6 Å². The number of H-pyrrole nitrogens is 1. The molecule has 0 spiro atoms. The van der Waals surface area contributed by atoms with E-state index in [9.17, 15) is 4.79 Å². The Kier molecular flexibility index (Phi) is 4.82. The Bertz CT molecular complexity index is 840. The van der Waals surface area contributed by atoms with E-state index in [-0.39, 0.29) is 11.9 Å². The number of hydrogen-bond acceptors (Lipinski definition) is 3. The highest BCUT2D eigenvalue weighted by Gasteiger charge is 2.29. The van der Waals surface area contributed by atoms with Crippen LogP contribution in [-0.4, -0.2) is 37.1 Å². The van der Waals surface area contributed by atoms with E-state index in [1.165, 1.54) is 0 Å². The molecule has 3 heterocycles. The largest absolute Gasteiger partial charge is 0.340 e. The van der Waals surface area contributed by atoms with Gasteiger partial charge in [-0.25, -0.2) is 4.98 Å². The van der Waals surface area contributed by atoms with E-state index in [4.69, 9.17) is 0 Å². The predicted octanol–water partition coefficient (Wildman–Crippen LogP) is 3.42. The summed E-state index contributed by atoms with van der Waals surface area (Å²) in [5, 5.41) is 4.17. The molecule has 4 rings (SSSR count). The third-order valence-corrected chi connectivity index (χ3v) is 4.93. The summed E-state index contributed by atoms with van der Waals surface area (Å²) in [6.07, 6.45) is 9.08. The minimum absolute atomic E-state index is 0.0336. The molecule has 6 nitrogen and oxygen atoms in total. The predicted molar refractivity (Wildman–Crippen MR) is 99.2 cm³/mol. The molecule has 1 saturated heterocycles. The number of nitrogens with one attached hydrogen (secondary N) is 1. The molecule has 134 valence electrons. The summed E-state index contributed by atoms with van der Waals surface area (Å²) in [5.74, 6) is 1.05. The molecule has 0 aliphatic carbocycles. The Morgan fingerprint density at radius 2 is 2.08 bits per heavy atom. The van der Waals surface area contributed by atoms with Crippen molar-refractivity contribution in [1.29, 1.82) is 0 Å². The summed E-state index contributed by atoms with van der Waals surface area (Å²) in [5.41, 5.74) is 2.11. The minimum atomic E-state index is 0.0336. The molecule has 0 unspecified atom stereocenters.